The molecule has 0 bridgehead atoms. The van der Waals surface area contributed by atoms with Crippen LogP contribution in [0.15, 0.2) is 67.4 Å². The third-order valence-electron chi connectivity index (χ3n) is 6.04. The second-order valence-corrected chi connectivity index (χ2v) is 8.57. The monoisotopic (exact) mass is 492 g/mol. The molecule has 0 aliphatic carbocycles. The Bertz CT molecular complexity index is 1760. The molecule has 0 saturated carbocycles. The van der Waals surface area contributed by atoms with E-state index in [4.69, 9.17) is 4.98 Å². The first kappa shape index (κ1) is 22.5. The van der Waals surface area contributed by atoms with Crippen molar-refractivity contribution in [3.05, 3.63) is 73.2 Å². The summed E-state index contributed by atoms with van der Waals surface area (Å²) in [7, 11) is 0. The number of nitrogens with zero attached hydrogens (tertiary/aromatic N) is 5. The van der Waals surface area contributed by atoms with Crippen molar-refractivity contribution in [1.82, 2.24) is 35.1 Å². The van der Waals surface area contributed by atoms with Gasteiger partial charge in [0.1, 0.15) is 17.0 Å². The number of rotatable bonds is 6. The number of hydrogen-bond donors (Lipinski definition) is 3. The van der Waals surface area contributed by atoms with Gasteiger partial charge in [-0.05, 0) is 42.8 Å². The molecule has 0 atom stereocenters. The predicted molar refractivity (Wildman–Crippen MR) is 139 cm³/mol. The number of carbonyl (C=O) groups is 1. The third-order valence-corrected chi connectivity index (χ3v) is 6.04. The Morgan fingerprint density at radius 2 is 1.89 bits per heavy atom. The van der Waals surface area contributed by atoms with Crippen LogP contribution < -0.4 is 5.32 Å². The summed E-state index contributed by atoms with van der Waals surface area (Å²) in [6, 6.07) is 10.7. The van der Waals surface area contributed by atoms with E-state index in [-0.39, 0.29) is 5.91 Å². The van der Waals surface area contributed by atoms with E-state index in [0.717, 1.165) is 17.5 Å². The molecular formula is C27H21FN8O. The zero-order valence-electron chi connectivity index (χ0n) is 19.8. The summed E-state index contributed by atoms with van der Waals surface area (Å²) in [4.78, 5) is 32.8. The minimum absolute atomic E-state index is 0.112. The van der Waals surface area contributed by atoms with Crippen LogP contribution in [0.4, 0.5) is 10.1 Å². The average molecular weight is 493 g/mol. The Balaban J connectivity index is 1.44. The zero-order chi connectivity index (χ0) is 25.4. The van der Waals surface area contributed by atoms with Gasteiger partial charge < -0.3 is 10.3 Å². The van der Waals surface area contributed by atoms with Gasteiger partial charge in [-0.3, -0.25) is 24.8 Å². The fourth-order valence-corrected chi connectivity index (χ4v) is 4.33. The molecule has 1 aromatic carbocycles. The van der Waals surface area contributed by atoms with Gasteiger partial charge in [0.2, 0.25) is 5.91 Å². The molecule has 9 nitrogen and oxygen atoms in total. The van der Waals surface area contributed by atoms with E-state index in [1.54, 1.807) is 49.2 Å². The molecule has 37 heavy (non-hydrogen) atoms. The lowest BCUT2D eigenvalue weighted by atomic mass is 10.0. The highest BCUT2D eigenvalue weighted by molar-refractivity contribution is 5.98. The molecule has 0 saturated heterocycles. The summed E-state index contributed by atoms with van der Waals surface area (Å²) >= 11 is 0. The number of carbonyl (C=O) groups excluding carboxylic acids is 1. The number of halogens is 1. The predicted octanol–water partition coefficient (Wildman–Crippen LogP) is 5.50. The van der Waals surface area contributed by atoms with Crippen LogP contribution >= 0.6 is 0 Å². The number of imidazole rings is 1. The molecule has 0 aliphatic heterocycles. The minimum Gasteiger partial charge on any atom is -0.336 e. The number of anilines is 1. The lowest BCUT2D eigenvalue weighted by Crippen LogP contribution is -2.10. The largest absolute Gasteiger partial charge is 0.336 e. The van der Waals surface area contributed by atoms with Crippen LogP contribution in [0, 0.1) is 5.82 Å². The summed E-state index contributed by atoms with van der Waals surface area (Å²) < 4.78 is 16.0. The summed E-state index contributed by atoms with van der Waals surface area (Å²) in [5, 5.41) is 10.4. The number of aromatic nitrogens is 7. The van der Waals surface area contributed by atoms with Gasteiger partial charge in [0, 0.05) is 47.9 Å². The van der Waals surface area contributed by atoms with Gasteiger partial charge in [0.25, 0.3) is 0 Å². The van der Waals surface area contributed by atoms with Crippen molar-refractivity contribution < 1.29 is 9.18 Å². The molecule has 3 N–H and O–H groups in total. The third kappa shape index (κ3) is 4.08. The van der Waals surface area contributed by atoms with Crippen LogP contribution in [-0.4, -0.2) is 41.0 Å². The van der Waals surface area contributed by atoms with Gasteiger partial charge in [-0.1, -0.05) is 6.92 Å². The fraction of sp³-hybridized carbons (Fsp3) is 0.111. The summed E-state index contributed by atoms with van der Waals surface area (Å²) in [5.74, 6) is -0.167. The molecule has 0 fully saturated rings. The molecule has 10 heteroatoms. The topological polar surface area (TPSA) is 125 Å². The molecule has 5 heterocycles. The van der Waals surface area contributed by atoms with Crippen LogP contribution in [0.2, 0.25) is 0 Å². The highest BCUT2D eigenvalue weighted by atomic mass is 19.1. The smallest absolute Gasteiger partial charge is 0.224 e. The van der Waals surface area contributed by atoms with Crippen molar-refractivity contribution in [1.29, 1.82) is 0 Å². The van der Waals surface area contributed by atoms with E-state index in [9.17, 15) is 4.79 Å². The number of hydrogen-bond acceptors (Lipinski definition) is 6. The number of fused-ring (bicyclic) bond motifs is 2. The number of amides is 1. The molecule has 5 aromatic heterocycles. The van der Waals surface area contributed by atoms with E-state index in [1.807, 2.05) is 25.1 Å². The molecule has 0 unspecified atom stereocenters. The van der Waals surface area contributed by atoms with Crippen molar-refractivity contribution in [2.24, 2.45) is 0 Å². The number of aromatic amines is 2. The molecule has 0 aliphatic rings. The molecule has 6 aromatic rings. The molecule has 0 spiro atoms. The Morgan fingerprint density at radius 3 is 2.73 bits per heavy atom. The van der Waals surface area contributed by atoms with Crippen LogP contribution in [-0.2, 0) is 4.79 Å². The highest BCUT2D eigenvalue weighted by Gasteiger charge is 2.21. The second kappa shape index (κ2) is 9.23. The zero-order valence-corrected chi connectivity index (χ0v) is 19.8. The van der Waals surface area contributed by atoms with Gasteiger partial charge >= 0.3 is 0 Å². The van der Waals surface area contributed by atoms with E-state index in [2.05, 4.69) is 35.5 Å². The van der Waals surface area contributed by atoms with Crippen LogP contribution in [0.1, 0.15) is 19.8 Å². The summed E-state index contributed by atoms with van der Waals surface area (Å²) in [5.41, 5.74) is 5.14. The lowest BCUT2D eigenvalue weighted by molar-refractivity contribution is -0.116. The molecule has 182 valence electrons. The van der Waals surface area contributed by atoms with Gasteiger partial charge in [-0.2, -0.15) is 5.10 Å². The van der Waals surface area contributed by atoms with Gasteiger partial charge in [-0.15, -0.1) is 0 Å². The summed E-state index contributed by atoms with van der Waals surface area (Å²) in [6.07, 6.45) is 9.34. The molecular weight excluding hydrogens is 471 g/mol. The van der Waals surface area contributed by atoms with Crippen molar-refractivity contribution >= 4 is 33.5 Å². The highest BCUT2D eigenvalue weighted by Crippen LogP contribution is 2.35. The van der Waals surface area contributed by atoms with Crippen molar-refractivity contribution in [2.75, 3.05) is 5.32 Å². The maximum Gasteiger partial charge on any atom is 0.224 e. The van der Waals surface area contributed by atoms with Crippen LogP contribution in [0.5, 0.6) is 0 Å². The van der Waals surface area contributed by atoms with Crippen LogP contribution in [0.25, 0.3) is 55.8 Å². The first-order valence-corrected chi connectivity index (χ1v) is 11.8. The molecule has 0 radical (unpaired) electrons. The summed E-state index contributed by atoms with van der Waals surface area (Å²) in [6.45, 7) is 1.93. The molecule has 6 rings (SSSR count). The first-order valence-electron chi connectivity index (χ1n) is 11.8. The number of pyridine rings is 3. The fourth-order valence-electron chi connectivity index (χ4n) is 4.33. The normalized spacial score (nSPS) is 11.3. The van der Waals surface area contributed by atoms with Crippen LogP contribution in [0.3, 0.4) is 0 Å². The first-order chi connectivity index (χ1) is 18.1. The van der Waals surface area contributed by atoms with Crippen molar-refractivity contribution in [3.63, 3.8) is 0 Å². The van der Waals surface area contributed by atoms with E-state index in [1.165, 1.54) is 0 Å². The van der Waals surface area contributed by atoms with E-state index >= 15 is 4.39 Å². The van der Waals surface area contributed by atoms with Gasteiger partial charge in [0.05, 0.1) is 34.0 Å². The lowest BCUT2D eigenvalue weighted by Gasteiger charge is -2.08. The van der Waals surface area contributed by atoms with Gasteiger partial charge in [-0.25, -0.2) is 9.37 Å². The maximum absolute atomic E-state index is 16.0. The average Bonchev–Trinajstić information content (AvgIpc) is 3.54. The van der Waals surface area contributed by atoms with Gasteiger partial charge in [0.15, 0.2) is 5.82 Å². The SMILES string of the molecule is CCCC(=O)Nc1cncc(-c2ccc3[nH]nc(-c4nc5c(-c6cccnc6)nccc5[nH]4)c3c2F)c1. The molecule has 1 amide bonds. The van der Waals surface area contributed by atoms with E-state index < -0.39 is 5.82 Å². The number of benzene rings is 1. The van der Waals surface area contributed by atoms with E-state index in [0.29, 0.717) is 56.9 Å². The van der Waals surface area contributed by atoms with Crippen molar-refractivity contribution in [2.45, 2.75) is 19.8 Å². The Kier molecular flexibility index (Phi) is 5.61. The Labute approximate surface area is 210 Å². The Hall–Kier alpha value is -4.99. The minimum atomic E-state index is -0.467. The standard InChI is InChI=1S/C27H21FN8O/c1-2-4-21(37)32-17-11-16(13-30-14-17)18-6-7-19-22(23(18)28)26(36-35-19)27-33-20-8-10-31-24(25(20)34-27)15-5-3-9-29-12-15/h3,5-14H,2,4H2,1H3,(H,32,37)(H,33,34)(H,35,36). The maximum atomic E-state index is 16.0. The number of H-pyrrole nitrogens is 2. The van der Waals surface area contributed by atoms with Crippen molar-refractivity contribution in [3.8, 4) is 33.9 Å². The second-order valence-electron chi connectivity index (χ2n) is 8.57. The number of nitrogens with one attached hydrogen (secondary N) is 3. The Morgan fingerprint density at radius 1 is 1.00 bits per heavy atom. The quantitative estimate of drug-likeness (QED) is 0.282.